The highest BCUT2D eigenvalue weighted by molar-refractivity contribution is 8.00. The van der Waals surface area contributed by atoms with Gasteiger partial charge in [0.15, 0.2) is 0 Å². The molecule has 2 amide bonds. The number of rotatable bonds is 9. The molecule has 1 atom stereocenters. The number of amides is 2. The van der Waals surface area contributed by atoms with Crippen LogP contribution < -0.4 is 5.32 Å². The summed E-state index contributed by atoms with van der Waals surface area (Å²) in [5, 5.41) is 2.75. The molecule has 0 saturated carbocycles. The lowest BCUT2D eigenvalue weighted by atomic mass is 10.0. The molecule has 0 radical (unpaired) electrons. The minimum Gasteiger partial charge on any atom is -0.357 e. The summed E-state index contributed by atoms with van der Waals surface area (Å²) in [4.78, 5) is 29.0. The molecule has 0 aromatic heterocycles. The number of nitrogens with one attached hydrogen (secondary N) is 1. The van der Waals surface area contributed by atoms with Crippen LogP contribution >= 0.6 is 11.8 Å². The second-order valence-electron chi connectivity index (χ2n) is 7.43. The van der Waals surface area contributed by atoms with Crippen LogP contribution in [0.3, 0.4) is 0 Å². The molecule has 3 rings (SSSR count). The van der Waals surface area contributed by atoms with Gasteiger partial charge in [0.2, 0.25) is 11.8 Å². The Labute approximate surface area is 188 Å². The molecule has 0 aliphatic heterocycles. The molecule has 5 heteroatoms. The van der Waals surface area contributed by atoms with Gasteiger partial charge in [0.1, 0.15) is 6.04 Å². The Morgan fingerprint density at radius 3 is 2.03 bits per heavy atom. The number of nitrogens with zero attached hydrogens (tertiary/aromatic N) is 1. The van der Waals surface area contributed by atoms with Gasteiger partial charge in [0, 0.05) is 24.9 Å². The zero-order valence-electron chi connectivity index (χ0n) is 18.0. The van der Waals surface area contributed by atoms with Crippen molar-refractivity contribution in [1.29, 1.82) is 0 Å². The quantitative estimate of drug-likeness (QED) is 0.508. The zero-order chi connectivity index (χ0) is 22.1. The van der Waals surface area contributed by atoms with Gasteiger partial charge in [0.25, 0.3) is 0 Å². The summed E-state index contributed by atoms with van der Waals surface area (Å²) in [6.07, 6.45) is 0.467. The number of carbonyl (C=O) groups is 2. The average Bonchev–Trinajstić information content (AvgIpc) is 2.81. The van der Waals surface area contributed by atoms with E-state index in [2.05, 4.69) is 5.32 Å². The highest BCUT2D eigenvalue weighted by Crippen LogP contribution is 2.21. The van der Waals surface area contributed by atoms with Crippen LogP contribution in [0.2, 0.25) is 0 Å². The van der Waals surface area contributed by atoms with E-state index in [0.29, 0.717) is 13.0 Å². The smallest absolute Gasteiger partial charge is 0.242 e. The summed E-state index contributed by atoms with van der Waals surface area (Å²) in [5.74, 6) is 0.0606. The number of thioether (sulfide) groups is 1. The summed E-state index contributed by atoms with van der Waals surface area (Å²) in [7, 11) is 1.62. The number of benzene rings is 3. The molecule has 0 saturated heterocycles. The molecule has 0 bridgehead atoms. The first kappa shape index (κ1) is 22.6. The van der Waals surface area contributed by atoms with E-state index >= 15 is 0 Å². The van der Waals surface area contributed by atoms with Gasteiger partial charge in [-0.15, -0.1) is 11.8 Å². The molecule has 3 aromatic carbocycles. The molecular formula is C26H28N2O2S. The van der Waals surface area contributed by atoms with Crippen molar-refractivity contribution in [3.8, 4) is 0 Å². The monoisotopic (exact) mass is 432 g/mol. The van der Waals surface area contributed by atoms with Gasteiger partial charge in [-0.3, -0.25) is 9.59 Å². The van der Waals surface area contributed by atoms with Crippen molar-refractivity contribution in [1.82, 2.24) is 10.2 Å². The third kappa shape index (κ3) is 6.72. The molecule has 0 unspecified atom stereocenters. The number of likely N-dealkylation sites (N-methyl/N-ethyl adjacent to an activating group) is 1. The van der Waals surface area contributed by atoms with E-state index < -0.39 is 6.04 Å². The Hall–Kier alpha value is -3.05. The van der Waals surface area contributed by atoms with Crippen molar-refractivity contribution in [2.45, 2.75) is 30.8 Å². The van der Waals surface area contributed by atoms with E-state index in [1.165, 1.54) is 17.3 Å². The zero-order valence-corrected chi connectivity index (χ0v) is 18.8. The fourth-order valence-corrected chi connectivity index (χ4v) is 4.15. The van der Waals surface area contributed by atoms with Crippen molar-refractivity contribution in [3.05, 3.63) is 102 Å². The molecule has 0 fully saturated rings. The summed E-state index contributed by atoms with van der Waals surface area (Å²) in [6, 6.07) is 27.2. The van der Waals surface area contributed by atoms with Crippen LogP contribution in [0.4, 0.5) is 0 Å². The second kappa shape index (κ2) is 11.4. The first-order valence-electron chi connectivity index (χ1n) is 10.3. The van der Waals surface area contributed by atoms with Gasteiger partial charge in [-0.25, -0.2) is 0 Å². The normalized spacial score (nSPS) is 11.5. The SMILES string of the molecule is CNC(=O)[C@H](Cc1ccccc1)N(Cc1ccccc1)C(=O)CSc1ccc(C)cc1. The fourth-order valence-electron chi connectivity index (χ4n) is 3.36. The van der Waals surface area contributed by atoms with Gasteiger partial charge < -0.3 is 10.2 Å². The predicted octanol–water partition coefficient (Wildman–Crippen LogP) is 4.47. The number of aryl methyl sites for hydroxylation is 1. The maximum absolute atomic E-state index is 13.4. The summed E-state index contributed by atoms with van der Waals surface area (Å²) in [5.41, 5.74) is 3.20. The second-order valence-corrected chi connectivity index (χ2v) is 8.48. The molecule has 0 spiro atoms. The molecule has 4 nitrogen and oxygen atoms in total. The van der Waals surface area contributed by atoms with E-state index in [4.69, 9.17) is 0 Å². The standard InChI is InChI=1S/C26H28N2O2S/c1-20-13-15-23(16-14-20)31-19-25(29)28(18-22-11-7-4-8-12-22)24(26(30)27-2)17-21-9-5-3-6-10-21/h3-16,24H,17-19H2,1-2H3,(H,27,30)/t24-/m0/s1. The van der Waals surface area contributed by atoms with Gasteiger partial charge in [-0.05, 0) is 30.2 Å². The summed E-state index contributed by atoms with van der Waals surface area (Å²) in [6.45, 7) is 2.43. The van der Waals surface area contributed by atoms with Crippen LogP contribution in [0.15, 0.2) is 89.8 Å². The van der Waals surface area contributed by atoms with Crippen molar-refractivity contribution in [2.24, 2.45) is 0 Å². The molecule has 0 aliphatic carbocycles. The predicted molar refractivity (Wildman–Crippen MR) is 127 cm³/mol. The number of hydrogen-bond donors (Lipinski definition) is 1. The molecule has 3 aromatic rings. The Balaban J connectivity index is 1.83. The minimum atomic E-state index is -0.585. The minimum absolute atomic E-state index is 0.0565. The van der Waals surface area contributed by atoms with Gasteiger partial charge in [0.05, 0.1) is 5.75 Å². The average molecular weight is 433 g/mol. The molecule has 0 aliphatic rings. The fraction of sp³-hybridized carbons (Fsp3) is 0.231. The molecule has 160 valence electrons. The van der Waals surface area contributed by atoms with Crippen LogP contribution in [0.1, 0.15) is 16.7 Å². The third-order valence-corrected chi connectivity index (χ3v) is 6.09. The van der Waals surface area contributed by atoms with Crippen LogP contribution in [0.5, 0.6) is 0 Å². The van der Waals surface area contributed by atoms with Crippen molar-refractivity contribution in [2.75, 3.05) is 12.8 Å². The number of carbonyl (C=O) groups excluding carboxylic acids is 2. The van der Waals surface area contributed by atoms with Crippen LogP contribution in [0.25, 0.3) is 0 Å². The molecular weight excluding hydrogens is 404 g/mol. The van der Waals surface area contributed by atoms with Gasteiger partial charge in [-0.1, -0.05) is 78.4 Å². The molecule has 1 N–H and O–H groups in total. The van der Waals surface area contributed by atoms with E-state index in [1.54, 1.807) is 11.9 Å². The summed E-state index contributed by atoms with van der Waals surface area (Å²) >= 11 is 1.50. The lowest BCUT2D eigenvalue weighted by Gasteiger charge is -2.31. The van der Waals surface area contributed by atoms with Crippen LogP contribution in [-0.4, -0.2) is 35.6 Å². The van der Waals surface area contributed by atoms with E-state index in [1.807, 2.05) is 91.9 Å². The Morgan fingerprint density at radius 1 is 0.871 bits per heavy atom. The highest BCUT2D eigenvalue weighted by Gasteiger charge is 2.29. The summed E-state index contributed by atoms with van der Waals surface area (Å²) < 4.78 is 0. The first-order valence-corrected chi connectivity index (χ1v) is 11.3. The Bertz CT molecular complexity index is 975. The molecule has 0 heterocycles. The van der Waals surface area contributed by atoms with Gasteiger partial charge in [-0.2, -0.15) is 0 Å². The van der Waals surface area contributed by atoms with Crippen LogP contribution in [-0.2, 0) is 22.6 Å². The van der Waals surface area contributed by atoms with Crippen molar-refractivity contribution < 1.29 is 9.59 Å². The first-order chi connectivity index (χ1) is 15.1. The Morgan fingerprint density at radius 2 is 1.45 bits per heavy atom. The Kier molecular flexibility index (Phi) is 8.30. The van der Waals surface area contributed by atoms with E-state index in [-0.39, 0.29) is 17.6 Å². The third-order valence-electron chi connectivity index (χ3n) is 5.10. The highest BCUT2D eigenvalue weighted by atomic mass is 32.2. The van der Waals surface area contributed by atoms with Crippen molar-refractivity contribution in [3.63, 3.8) is 0 Å². The number of hydrogen-bond acceptors (Lipinski definition) is 3. The lowest BCUT2D eigenvalue weighted by molar-refractivity contribution is -0.139. The van der Waals surface area contributed by atoms with Gasteiger partial charge >= 0.3 is 0 Å². The maximum atomic E-state index is 13.4. The van der Waals surface area contributed by atoms with E-state index in [9.17, 15) is 9.59 Å². The maximum Gasteiger partial charge on any atom is 0.242 e. The largest absolute Gasteiger partial charge is 0.357 e. The topological polar surface area (TPSA) is 49.4 Å². The van der Waals surface area contributed by atoms with Crippen LogP contribution in [0, 0.1) is 6.92 Å². The van der Waals surface area contributed by atoms with Crippen molar-refractivity contribution >= 4 is 23.6 Å². The van der Waals surface area contributed by atoms with E-state index in [0.717, 1.165) is 16.0 Å². The molecule has 31 heavy (non-hydrogen) atoms. The lowest BCUT2D eigenvalue weighted by Crippen LogP contribution is -2.50.